The first-order valence-corrected chi connectivity index (χ1v) is 9.50. The molecule has 8 heteroatoms. The molecule has 0 saturated carbocycles. The van der Waals surface area contributed by atoms with Crippen LogP contribution in [-0.2, 0) is 16.1 Å². The summed E-state index contributed by atoms with van der Waals surface area (Å²) in [5.74, 6) is 1.02. The van der Waals surface area contributed by atoms with E-state index in [-0.39, 0.29) is 11.9 Å². The number of likely N-dealkylation sites (N-methyl/N-ethyl adjacent to an activating group) is 3. The Bertz CT molecular complexity index is 805. The van der Waals surface area contributed by atoms with Gasteiger partial charge in [-0.05, 0) is 24.5 Å². The van der Waals surface area contributed by atoms with Crippen LogP contribution in [0.2, 0.25) is 0 Å². The third-order valence-corrected chi connectivity index (χ3v) is 5.00. The lowest BCUT2D eigenvalue weighted by molar-refractivity contribution is -0.539. The average molecular weight is 386 g/mol. The van der Waals surface area contributed by atoms with Crippen LogP contribution in [0.1, 0.15) is 12.5 Å². The van der Waals surface area contributed by atoms with Gasteiger partial charge in [-0.25, -0.2) is 9.37 Å². The zero-order valence-corrected chi connectivity index (χ0v) is 17.0. The highest BCUT2D eigenvalue weighted by Gasteiger charge is 2.52. The number of carbonyl (C=O) groups is 2. The van der Waals surface area contributed by atoms with E-state index >= 15 is 0 Å². The molecule has 2 heterocycles. The molecular weight excluding hydrogens is 358 g/mol. The molecule has 2 aliphatic heterocycles. The molecule has 0 aliphatic carbocycles. The van der Waals surface area contributed by atoms with Crippen LogP contribution in [0.5, 0.6) is 0 Å². The molecule has 3 rings (SSSR count). The molecule has 0 radical (unpaired) electrons. The van der Waals surface area contributed by atoms with Gasteiger partial charge in [-0.1, -0.05) is 30.3 Å². The van der Waals surface area contributed by atoms with E-state index in [2.05, 4.69) is 22.0 Å². The Kier molecular flexibility index (Phi) is 6.21. The second-order valence-corrected chi connectivity index (χ2v) is 7.08. The predicted octanol–water partition coefficient (Wildman–Crippen LogP) is 0.870. The summed E-state index contributed by atoms with van der Waals surface area (Å²) < 4.78 is 7.48. The van der Waals surface area contributed by atoms with Crippen LogP contribution < -0.4 is 0 Å². The fourth-order valence-electron chi connectivity index (χ4n) is 3.53. The highest BCUT2D eigenvalue weighted by molar-refractivity contribution is 6.23. The molecule has 150 valence electrons. The standard InChI is InChI=1S/C20H28N5O3/c1-5-28-12-11-25-16(14-22(2)13-15-9-7-6-8-10-15)21-18-17(25)19(26)24(4)20(27)23(18)3/h6-10,17H,5,11-14H2,1-4H3/q+1. The van der Waals surface area contributed by atoms with Gasteiger partial charge in [-0.15, -0.1) is 0 Å². The first kappa shape index (κ1) is 20.2. The smallest absolute Gasteiger partial charge is 0.333 e. The van der Waals surface area contributed by atoms with Crippen molar-refractivity contribution >= 4 is 23.6 Å². The third-order valence-electron chi connectivity index (χ3n) is 5.00. The second-order valence-electron chi connectivity index (χ2n) is 7.08. The Hall–Kier alpha value is -2.58. The number of nitrogens with zero attached hydrogens (tertiary/aromatic N) is 5. The SMILES string of the molecule is CCOCC[N+]1=C(CN(C)Cc2ccccc2)N=C2C1C(=O)N(C)C(=O)N2C. The van der Waals surface area contributed by atoms with E-state index in [4.69, 9.17) is 4.74 Å². The molecule has 1 atom stereocenters. The topological polar surface area (TPSA) is 68.5 Å². The van der Waals surface area contributed by atoms with E-state index in [0.29, 0.717) is 32.1 Å². The van der Waals surface area contributed by atoms with Crippen molar-refractivity contribution in [2.24, 2.45) is 4.99 Å². The van der Waals surface area contributed by atoms with Crippen molar-refractivity contribution in [1.82, 2.24) is 14.7 Å². The Morgan fingerprint density at radius 1 is 1.14 bits per heavy atom. The second kappa shape index (κ2) is 8.62. The molecule has 1 unspecified atom stereocenters. The summed E-state index contributed by atoms with van der Waals surface area (Å²) in [5.41, 5.74) is 1.21. The summed E-state index contributed by atoms with van der Waals surface area (Å²) in [5, 5.41) is 0. The number of ether oxygens (including phenoxy) is 1. The molecule has 0 N–H and O–H groups in total. The Morgan fingerprint density at radius 3 is 2.54 bits per heavy atom. The van der Waals surface area contributed by atoms with Crippen LogP contribution in [0.3, 0.4) is 0 Å². The number of fused-ring (bicyclic) bond motifs is 1. The van der Waals surface area contributed by atoms with E-state index in [1.165, 1.54) is 17.5 Å². The number of urea groups is 1. The fraction of sp³-hybridized carbons (Fsp3) is 0.500. The van der Waals surface area contributed by atoms with E-state index < -0.39 is 6.04 Å². The minimum Gasteiger partial charge on any atom is -0.378 e. The van der Waals surface area contributed by atoms with Crippen molar-refractivity contribution in [3.05, 3.63) is 35.9 Å². The van der Waals surface area contributed by atoms with Crippen molar-refractivity contribution in [2.75, 3.05) is 47.4 Å². The highest BCUT2D eigenvalue weighted by Crippen LogP contribution is 2.19. The van der Waals surface area contributed by atoms with Crippen molar-refractivity contribution in [1.29, 1.82) is 0 Å². The molecule has 1 aromatic carbocycles. The minimum atomic E-state index is -0.576. The van der Waals surface area contributed by atoms with Gasteiger partial charge in [0.1, 0.15) is 13.1 Å². The van der Waals surface area contributed by atoms with Gasteiger partial charge in [0.25, 0.3) is 17.8 Å². The number of amidine groups is 2. The number of benzene rings is 1. The summed E-state index contributed by atoms with van der Waals surface area (Å²) in [6.45, 7) is 4.93. The van der Waals surface area contributed by atoms with E-state index in [1.807, 2.05) is 36.7 Å². The van der Waals surface area contributed by atoms with Crippen molar-refractivity contribution in [3.63, 3.8) is 0 Å². The van der Waals surface area contributed by atoms with Crippen LogP contribution >= 0.6 is 0 Å². The summed E-state index contributed by atoms with van der Waals surface area (Å²) >= 11 is 0. The van der Waals surface area contributed by atoms with Crippen LogP contribution in [0.15, 0.2) is 35.3 Å². The van der Waals surface area contributed by atoms with Crippen LogP contribution in [0.25, 0.3) is 0 Å². The molecular formula is C20H28N5O3+. The van der Waals surface area contributed by atoms with Crippen molar-refractivity contribution in [3.8, 4) is 0 Å². The van der Waals surface area contributed by atoms with Gasteiger partial charge in [-0.2, -0.15) is 0 Å². The highest BCUT2D eigenvalue weighted by atomic mass is 16.5. The number of aliphatic imine (C=N–C) groups is 1. The lowest BCUT2D eigenvalue weighted by atomic mass is 10.1. The van der Waals surface area contributed by atoms with E-state index in [9.17, 15) is 9.59 Å². The Balaban J connectivity index is 1.84. The van der Waals surface area contributed by atoms with Crippen LogP contribution in [0, 0.1) is 0 Å². The molecule has 1 aromatic rings. The number of imide groups is 1. The summed E-state index contributed by atoms with van der Waals surface area (Å²) in [4.78, 5) is 34.6. The van der Waals surface area contributed by atoms with Gasteiger partial charge in [0.2, 0.25) is 0 Å². The van der Waals surface area contributed by atoms with Crippen LogP contribution in [-0.4, -0.2) is 96.4 Å². The lowest BCUT2D eigenvalue weighted by Crippen LogP contribution is -2.61. The molecule has 3 amide bonds. The third kappa shape index (κ3) is 3.98. The van der Waals surface area contributed by atoms with E-state index in [0.717, 1.165) is 17.3 Å². The number of amides is 3. The van der Waals surface area contributed by atoms with Crippen LogP contribution in [0.4, 0.5) is 4.79 Å². The maximum absolute atomic E-state index is 12.8. The normalized spacial score (nSPS) is 19.6. The van der Waals surface area contributed by atoms with Gasteiger partial charge < -0.3 is 4.74 Å². The lowest BCUT2D eigenvalue weighted by Gasteiger charge is -2.30. The largest absolute Gasteiger partial charge is 0.378 e. The number of hydrogen-bond acceptors (Lipinski definition) is 5. The zero-order valence-electron chi connectivity index (χ0n) is 17.0. The summed E-state index contributed by atoms with van der Waals surface area (Å²) in [6.07, 6.45) is 0. The van der Waals surface area contributed by atoms with Gasteiger partial charge in [-0.3, -0.25) is 19.5 Å². The zero-order chi connectivity index (χ0) is 20.3. The molecule has 0 aromatic heterocycles. The molecule has 0 bridgehead atoms. The maximum atomic E-state index is 12.8. The van der Waals surface area contributed by atoms with Gasteiger partial charge in [0.15, 0.2) is 0 Å². The Morgan fingerprint density at radius 2 is 1.86 bits per heavy atom. The molecule has 2 aliphatic rings. The number of hydrogen-bond donors (Lipinski definition) is 0. The number of carbonyl (C=O) groups excluding carboxylic acids is 2. The van der Waals surface area contributed by atoms with Gasteiger partial charge >= 0.3 is 11.9 Å². The monoisotopic (exact) mass is 386 g/mol. The van der Waals surface area contributed by atoms with E-state index in [1.54, 1.807) is 7.05 Å². The molecule has 1 fully saturated rings. The summed E-state index contributed by atoms with van der Waals surface area (Å²) in [7, 11) is 5.19. The van der Waals surface area contributed by atoms with Gasteiger partial charge in [0.05, 0.1) is 6.61 Å². The number of rotatable bonds is 8. The predicted molar refractivity (Wildman–Crippen MR) is 107 cm³/mol. The maximum Gasteiger partial charge on any atom is 0.333 e. The average Bonchev–Trinajstić information content (AvgIpc) is 3.04. The fourth-order valence-corrected chi connectivity index (χ4v) is 3.53. The molecule has 28 heavy (non-hydrogen) atoms. The Labute approximate surface area is 165 Å². The quantitative estimate of drug-likeness (QED) is 0.491. The molecule has 0 spiro atoms. The first-order chi connectivity index (χ1) is 13.4. The van der Waals surface area contributed by atoms with Crippen molar-refractivity contribution in [2.45, 2.75) is 19.5 Å². The summed E-state index contributed by atoms with van der Waals surface area (Å²) in [6, 6.07) is 9.26. The van der Waals surface area contributed by atoms with Crippen molar-refractivity contribution < 1.29 is 18.9 Å². The first-order valence-electron chi connectivity index (χ1n) is 9.50. The molecule has 1 saturated heterocycles. The molecule has 8 nitrogen and oxygen atoms in total. The van der Waals surface area contributed by atoms with Gasteiger partial charge in [0, 0.05) is 27.2 Å². The minimum absolute atomic E-state index is 0.251.